The summed E-state index contributed by atoms with van der Waals surface area (Å²) >= 11 is 5.68. The Morgan fingerprint density at radius 3 is 2.81 bits per heavy atom. The quantitative estimate of drug-likeness (QED) is 0.668. The zero-order valence-electron chi connectivity index (χ0n) is 11.9. The van der Waals surface area contributed by atoms with Crippen LogP contribution in [0.1, 0.15) is 26.2 Å². The van der Waals surface area contributed by atoms with Crippen molar-refractivity contribution in [2.45, 2.75) is 32.2 Å². The number of hydrogen-bond donors (Lipinski definition) is 1. The first-order valence-electron chi connectivity index (χ1n) is 7.09. The van der Waals surface area contributed by atoms with Crippen molar-refractivity contribution in [1.82, 2.24) is 0 Å². The number of anilines is 1. The fourth-order valence-electron chi connectivity index (χ4n) is 3.19. The van der Waals surface area contributed by atoms with E-state index in [1.807, 2.05) is 11.8 Å². The highest BCUT2D eigenvalue weighted by atomic mass is 35.5. The molecule has 2 unspecified atom stereocenters. The minimum absolute atomic E-state index is 0.110. The molecule has 0 radical (unpaired) electrons. The predicted molar refractivity (Wildman–Crippen MR) is 81.3 cm³/mol. The van der Waals surface area contributed by atoms with E-state index in [1.165, 1.54) is 0 Å². The van der Waals surface area contributed by atoms with E-state index in [9.17, 15) is 14.5 Å². The van der Waals surface area contributed by atoms with E-state index in [0.717, 1.165) is 31.4 Å². The SMILES string of the molecule is CCN(c1cc(F)c(Cl)cc1[N+](=O)[O-])C1CCCC1CN. The molecule has 1 aromatic carbocycles. The molecule has 21 heavy (non-hydrogen) atoms. The van der Waals surface area contributed by atoms with E-state index in [1.54, 1.807) is 0 Å². The van der Waals surface area contributed by atoms with Gasteiger partial charge in [0.2, 0.25) is 0 Å². The number of halogens is 2. The second-order valence-electron chi connectivity index (χ2n) is 5.29. The summed E-state index contributed by atoms with van der Waals surface area (Å²) in [5, 5.41) is 11.0. The second-order valence-corrected chi connectivity index (χ2v) is 5.70. The summed E-state index contributed by atoms with van der Waals surface area (Å²) < 4.78 is 13.8. The van der Waals surface area contributed by atoms with Crippen molar-refractivity contribution in [3.63, 3.8) is 0 Å². The van der Waals surface area contributed by atoms with Gasteiger partial charge in [0.1, 0.15) is 11.5 Å². The topological polar surface area (TPSA) is 72.4 Å². The van der Waals surface area contributed by atoms with Crippen LogP contribution in [0.4, 0.5) is 15.8 Å². The van der Waals surface area contributed by atoms with Gasteiger partial charge >= 0.3 is 0 Å². The number of nitrogens with two attached hydrogens (primary N) is 1. The normalized spacial score (nSPS) is 21.5. The Balaban J connectivity index is 2.46. The van der Waals surface area contributed by atoms with Crippen LogP contribution in [0.5, 0.6) is 0 Å². The van der Waals surface area contributed by atoms with E-state index >= 15 is 0 Å². The number of nitro benzene ring substituents is 1. The van der Waals surface area contributed by atoms with Crippen LogP contribution in [0.25, 0.3) is 0 Å². The Bertz CT molecular complexity index is 541. The third-order valence-electron chi connectivity index (χ3n) is 4.19. The largest absolute Gasteiger partial charge is 0.363 e. The average molecular weight is 316 g/mol. The standard InChI is InChI=1S/C14H19ClFN3O2/c1-2-18(12-5-3-4-9(12)8-17)13-7-11(16)10(15)6-14(13)19(20)21/h6-7,9,12H,2-5,8,17H2,1H3. The molecule has 0 aromatic heterocycles. The molecule has 1 fully saturated rings. The van der Waals surface area contributed by atoms with Crippen molar-refractivity contribution in [3.8, 4) is 0 Å². The first-order valence-corrected chi connectivity index (χ1v) is 7.47. The highest BCUT2D eigenvalue weighted by molar-refractivity contribution is 6.31. The summed E-state index contributed by atoms with van der Waals surface area (Å²) in [6.07, 6.45) is 2.95. The van der Waals surface area contributed by atoms with Crippen LogP contribution in [-0.2, 0) is 0 Å². The van der Waals surface area contributed by atoms with Gasteiger partial charge in [-0.3, -0.25) is 10.1 Å². The molecule has 0 saturated heterocycles. The highest BCUT2D eigenvalue weighted by Crippen LogP contribution is 2.38. The molecule has 5 nitrogen and oxygen atoms in total. The monoisotopic (exact) mass is 315 g/mol. The van der Waals surface area contributed by atoms with E-state index in [2.05, 4.69) is 0 Å². The van der Waals surface area contributed by atoms with Crippen molar-refractivity contribution in [3.05, 3.63) is 33.1 Å². The van der Waals surface area contributed by atoms with Crippen molar-refractivity contribution in [1.29, 1.82) is 0 Å². The summed E-state index contributed by atoms with van der Waals surface area (Å²) in [6.45, 7) is 3.00. The molecule has 2 rings (SSSR count). The van der Waals surface area contributed by atoms with Crippen LogP contribution in [0, 0.1) is 21.8 Å². The smallest absolute Gasteiger partial charge is 0.294 e. The minimum atomic E-state index is -0.641. The first kappa shape index (κ1) is 16.0. The van der Waals surface area contributed by atoms with Gasteiger partial charge in [-0.15, -0.1) is 0 Å². The lowest BCUT2D eigenvalue weighted by molar-refractivity contribution is -0.384. The van der Waals surface area contributed by atoms with Crippen molar-refractivity contribution in [2.24, 2.45) is 11.7 Å². The molecule has 2 atom stereocenters. The van der Waals surface area contributed by atoms with Gasteiger partial charge < -0.3 is 10.6 Å². The van der Waals surface area contributed by atoms with Crippen LogP contribution < -0.4 is 10.6 Å². The molecular weight excluding hydrogens is 297 g/mol. The van der Waals surface area contributed by atoms with Crippen molar-refractivity contribution >= 4 is 23.0 Å². The third-order valence-corrected chi connectivity index (χ3v) is 4.48. The fourth-order valence-corrected chi connectivity index (χ4v) is 3.35. The van der Waals surface area contributed by atoms with Gasteiger partial charge in [0.05, 0.1) is 9.95 Å². The zero-order valence-corrected chi connectivity index (χ0v) is 12.6. The maximum absolute atomic E-state index is 13.8. The maximum atomic E-state index is 13.8. The molecule has 0 heterocycles. The Labute approximate surface area is 128 Å². The molecule has 7 heteroatoms. The molecule has 0 amide bonds. The summed E-state index contributed by atoms with van der Waals surface area (Å²) in [5.41, 5.74) is 5.92. The Hall–Kier alpha value is -1.40. The first-order chi connectivity index (χ1) is 9.99. The molecule has 1 aliphatic rings. The van der Waals surface area contributed by atoms with Gasteiger partial charge in [-0.2, -0.15) is 0 Å². The van der Waals surface area contributed by atoms with Crippen LogP contribution in [-0.4, -0.2) is 24.1 Å². The summed E-state index contributed by atoms with van der Waals surface area (Å²) in [4.78, 5) is 12.6. The van der Waals surface area contributed by atoms with Gasteiger partial charge in [-0.25, -0.2) is 4.39 Å². The maximum Gasteiger partial charge on any atom is 0.294 e. The fraction of sp³-hybridized carbons (Fsp3) is 0.571. The molecule has 0 spiro atoms. The van der Waals surface area contributed by atoms with E-state index < -0.39 is 10.7 Å². The van der Waals surface area contributed by atoms with Crippen molar-refractivity contribution < 1.29 is 9.31 Å². The number of rotatable bonds is 5. The van der Waals surface area contributed by atoms with Gasteiger partial charge in [0, 0.05) is 24.7 Å². The van der Waals surface area contributed by atoms with Crippen LogP contribution in [0.2, 0.25) is 5.02 Å². The minimum Gasteiger partial charge on any atom is -0.363 e. The lowest BCUT2D eigenvalue weighted by Gasteiger charge is -2.33. The number of nitrogens with zero attached hydrogens (tertiary/aromatic N) is 2. The van der Waals surface area contributed by atoms with Crippen LogP contribution in [0.15, 0.2) is 12.1 Å². The molecular formula is C14H19ClFN3O2. The Morgan fingerprint density at radius 2 is 2.24 bits per heavy atom. The number of hydrogen-bond acceptors (Lipinski definition) is 4. The van der Waals surface area contributed by atoms with Crippen LogP contribution in [0.3, 0.4) is 0 Å². The average Bonchev–Trinajstić information content (AvgIpc) is 2.91. The van der Waals surface area contributed by atoms with Gasteiger partial charge in [0.25, 0.3) is 5.69 Å². The van der Waals surface area contributed by atoms with E-state index in [4.69, 9.17) is 17.3 Å². The molecule has 1 aromatic rings. The van der Waals surface area contributed by atoms with Crippen LogP contribution >= 0.6 is 11.6 Å². The molecule has 2 N–H and O–H groups in total. The summed E-state index contributed by atoms with van der Waals surface area (Å²) in [5.74, 6) is -0.360. The lowest BCUT2D eigenvalue weighted by atomic mass is 10.0. The highest BCUT2D eigenvalue weighted by Gasteiger charge is 2.34. The lowest BCUT2D eigenvalue weighted by Crippen LogP contribution is -2.40. The molecule has 1 aliphatic carbocycles. The summed E-state index contributed by atoms with van der Waals surface area (Å²) in [6, 6.07) is 2.36. The molecule has 116 valence electrons. The zero-order chi connectivity index (χ0) is 15.6. The van der Waals surface area contributed by atoms with Gasteiger partial charge in [-0.05, 0) is 32.2 Å². The molecule has 1 saturated carbocycles. The van der Waals surface area contributed by atoms with Gasteiger partial charge in [0.15, 0.2) is 0 Å². The van der Waals surface area contributed by atoms with E-state index in [0.29, 0.717) is 13.1 Å². The van der Waals surface area contributed by atoms with Crippen molar-refractivity contribution in [2.75, 3.05) is 18.0 Å². The Morgan fingerprint density at radius 1 is 1.52 bits per heavy atom. The number of benzene rings is 1. The van der Waals surface area contributed by atoms with Gasteiger partial charge in [-0.1, -0.05) is 18.0 Å². The predicted octanol–water partition coefficient (Wildman–Crippen LogP) is 3.34. The second kappa shape index (κ2) is 6.58. The third kappa shape index (κ3) is 3.11. The van der Waals surface area contributed by atoms with E-state index in [-0.39, 0.29) is 28.4 Å². The summed E-state index contributed by atoms with van der Waals surface area (Å²) in [7, 11) is 0. The molecule has 0 aliphatic heterocycles. The number of nitro groups is 1. The Kier molecular flexibility index (Phi) is 5.00. The molecule has 0 bridgehead atoms.